The number of carbonyl (C=O) groups excluding carboxylic acids is 2. The Bertz CT molecular complexity index is 1340. The average Bonchev–Trinajstić information content (AvgIpc) is 2.95. The Kier molecular flexibility index (Phi) is 11.4. The zero-order valence-electron chi connectivity index (χ0n) is 24.1. The number of hydrogen-bond acceptors (Lipinski definition) is 5. The molecule has 0 radical (unpaired) electrons. The van der Waals surface area contributed by atoms with Gasteiger partial charge in [-0.25, -0.2) is 9.18 Å². The van der Waals surface area contributed by atoms with Crippen molar-refractivity contribution in [3.63, 3.8) is 0 Å². The molecule has 9 nitrogen and oxygen atoms in total. The van der Waals surface area contributed by atoms with E-state index in [0.717, 1.165) is 27.2 Å². The number of nitrogens with one attached hydrogen (secondary N) is 2. The Hall–Kier alpha value is -4.44. The second kappa shape index (κ2) is 15.0. The Balaban J connectivity index is 1.61. The van der Waals surface area contributed by atoms with Crippen LogP contribution in [0.1, 0.15) is 34.7 Å². The standard InChI is InChI=1S/C32H39FN4O5/c1-20(17-35-30(39)28(34)16-27-21(2)13-26(38)14-22(27)3)18-36-31(40)29(15-23-9-11-25(33)12-10-23)37(32(41)42)19-24-7-5-4-6-8-24/h4-14,20,28-29,38H,15-19,34H2,1-3H3,(H,35,39)(H,36,40)(H,41,42)/t20?,28-,29-/m0/s1. The first-order chi connectivity index (χ1) is 19.9. The Morgan fingerprint density at radius 1 is 0.881 bits per heavy atom. The van der Waals surface area contributed by atoms with Gasteiger partial charge in [0.2, 0.25) is 11.8 Å². The van der Waals surface area contributed by atoms with E-state index in [-0.39, 0.29) is 43.6 Å². The van der Waals surface area contributed by atoms with E-state index in [4.69, 9.17) is 5.73 Å². The van der Waals surface area contributed by atoms with Gasteiger partial charge in [0.25, 0.3) is 0 Å². The molecule has 6 N–H and O–H groups in total. The summed E-state index contributed by atoms with van der Waals surface area (Å²) in [5.74, 6) is -1.28. The molecule has 224 valence electrons. The monoisotopic (exact) mass is 578 g/mol. The molecule has 0 heterocycles. The highest BCUT2D eigenvalue weighted by atomic mass is 19.1. The number of nitrogens with two attached hydrogens (primary N) is 1. The number of nitrogens with zero attached hydrogens (tertiary/aromatic N) is 1. The van der Waals surface area contributed by atoms with Crippen LogP contribution in [-0.4, -0.2) is 58.2 Å². The number of benzene rings is 3. The molecule has 1 unspecified atom stereocenters. The van der Waals surface area contributed by atoms with Crippen molar-refractivity contribution in [2.45, 2.75) is 52.2 Å². The van der Waals surface area contributed by atoms with E-state index < -0.39 is 29.9 Å². The quantitative estimate of drug-likeness (QED) is 0.209. The van der Waals surface area contributed by atoms with Gasteiger partial charge in [0.15, 0.2) is 0 Å². The number of phenols is 1. The van der Waals surface area contributed by atoms with Crippen molar-refractivity contribution in [2.24, 2.45) is 11.7 Å². The van der Waals surface area contributed by atoms with Gasteiger partial charge in [0.1, 0.15) is 17.6 Å². The van der Waals surface area contributed by atoms with E-state index in [2.05, 4.69) is 10.6 Å². The smallest absolute Gasteiger partial charge is 0.408 e. The number of phenolic OH excluding ortho intramolecular Hbond substituents is 1. The second-order valence-electron chi connectivity index (χ2n) is 10.7. The summed E-state index contributed by atoms with van der Waals surface area (Å²) in [7, 11) is 0. The number of rotatable bonds is 13. The molecule has 42 heavy (non-hydrogen) atoms. The highest BCUT2D eigenvalue weighted by Gasteiger charge is 2.30. The molecule has 3 aromatic carbocycles. The van der Waals surface area contributed by atoms with Crippen molar-refractivity contribution in [1.29, 1.82) is 0 Å². The van der Waals surface area contributed by atoms with Crippen LogP contribution in [0.4, 0.5) is 9.18 Å². The summed E-state index contributed by atoms with van der Waals surface area (Å²) >= 11 is 0. The molecule has 0 spiro atoms. The molecule has 3 rings (SSSR count). The van der Waals surface area contributed by atoms with E-state index in [0.29, 0.717) is 12.0 Å². The third-order valence-corrected chi connectivity index (χ3v) is 7.15. The first kappa shape index (κ1) is 32.1. The van der Waals surface area contributed by atoms with Crippen LogP contribution in [-0.2, 0) is 29.0 Å². The van der Waals surface area contributed by atoms with Crippen LogP contribution in [0.5, 0.6) is 5.75 Å². The van der Waals surface area contributed by atoms with Gasteiger partial charge >= 0.3 is 6.09 Å². The summed E-state index contributed by atoms with van der Waals surface area (Å²) < 4.78 is 13.5. The number of hydrogen-bond donors (Lipinski definition) is 5. The minimum Gasteiger partial charge on any atom is -0.508 e. The predicted octanol–water partition coefficient (Wildman–Crippen LogP) is 3.68. The molecule has 3 atom stereocenters. The summed E-state index contributed by atoms with van der Waals surface area (Å²) in [6.07, 6.45) is -0.886. The van der Waals surface area contributed by atoms with Gasteiger partial charge in [-0.3, -0.25) is 14.5 Å². The van der Waals surface area contributed by atoms with E-state index >= 15 is 0 Å². The van der Waals surface area contributed by atoms with Crippen LogP contribution in [0, 0.1) is 25.6 Å². The SMILES string of the molecule is Cc1cc(O)cc(C)c1C[C@H](N)C(=O)NCC(C)CNC(=O)[C@H](Cc1ccc(F)cc1)N(Cc1ccccc1)C(=O)O. The van der Waals surface area contributed by atoms with E-state index in [1.54, 1.807) is 36.4 Å². The lowest BCUT2D eigenvalue weighted by atomic mass is 9.96. The third-order valence-electron chi connectivity index (χ3n) is 7.15. The van der Waals surface area contributed by atoms with Gasteiger partial charge in [-0.05, 0) is 78.3 Å². The molecule has 10 heteroatoms. The molecule has 0 aromatic heterocycles. The Labute approximate surface area is 245 Å². The molecule has 0 aliphatic carbocycles. The maximum Gasteiger partial charge on any atom is 0.408 e. The zero-order chi connectivity index (χ0) is 30.8. The maximum atomic E-state index is 13.5. The second-order valence-corrected chi connectivity index (χ2v) is 10.7. The molecule has 0 aliphatic heterocycles. The number of amides is 3. The number of carbonyl (C=O) groups is 3. The number of aromatic hydroxyl groups is 1. The van der Waals surface area contributed by atoms with E-state index in [1.807, 2.05) is 26.8 Å². The fourth-order valence-corrected chi connectivity index (χ4v) is 4.76. The Morgan fingerprint density at radius 2 is 1.45 bits per heavy atom. The van der Waals surface area contributed by atoms with Crippen LogP contribution >= 0.6 is 0 Å². The molecular formula is C32H39FN4O5. The van der Waals surface area contributed by atoms with Crippen LogP contribution in [0.15, 0.2) is 66.7 Å². The van der Waals surface area contributed by atoms with Crippen LogP contribution < -0.4 is 16.4 Å². The summed E-state index contributed by atoms with van der Waals surface area (Å²) in [6, 6.07) is 16.0. The molecule has 0 aliphatic rings. The van der Waals surface area contributed by atoms with Crippen LogP contribution in [0.3, 0.4) is 0 Å². The lowest BCUT2D eigenvalue weighted by Crippen LogP contribution is -2.51. The van der Waals surface area contributed by atoms with Crippen LogP contribution in [0.25, 0.3) is 0 Å². The minimum absolute atomic E-state index is 0.00106. The van der Waals surface area contributed by atoms with Crippen molar-refractivity contribution >= 4 is 17.9 Å². The maximum absolute atomic E-state index is 13.5. The fourth-order valence-electron chi connectivity index (χ4n) is 4.76. The lowest BCUT2D eigenvalue weighted by Gasteiger charge is -2.29. The molecule has 0 saturated heterocycles. The number of halogens is 1. The first-order valence-electron chi connectivity index (χ1n) is 13.8. The van der Waals surface area contributed by atoms with Gasteiger partial charge in [-0.2, -0.15) is 0 Å². The van der Waals surface area contributed by atoms with Crippen molar-refractivity contribution < 1.29 is 29.0 Å². The zero-order valence-corrected chi connectivity index (χ0v) is 24.1. The summed E-state index contributed by atoms with van der Waals surface area (Å²) in [5.41, 5.74) is 10.1. The molecular weight excluding hydrogens is 539 g/mol. The highest BCUT2D eigenvalue weighted by molar-refractivity contribution is 5.85. The average molecular weight is 579 g/mol. The highest BCUT2D eigenvalue weighted by Crippen LogP contribution is 2.22. The minimum atomic E-state index is -1.26. The van der Waals surface area contributed by atoms with Gasteiger partial charge < -0.3 is 26.6 Å². The molecule has 3 aromatic rings. The number of aryl methyl sites for hydroxylation is 2. The third kappa shape index (κ3) is 9.31. The molecule has 3 amide bonds. The summed E-state index contributed by atoms with van der Waals surface area (Å²) in [6.45, 7) is 5.98. The van der Waals surface area contributed by atoms with E-state index in [1.165, 1.54) is 24.3 Å². The molecule has 0 saturated carbocycles. The van der Waals surface area contributed by atoms with Gasteiger partial charge in [0, 0.05) is 26.1 Å². The van der Waals surface area contributed by atoms with Crippen molar-refractivity contribution in [2.75, 3.05) is 13.1 Å². The topological polar surface area (TPSA) is 145 Å². The largest absolute Gasteiger partial charge is 0.508 e. The van der Waals surface area contributed by atoms with Gasteiger partial charge in [-0.1, -0.05) is 49.4 Å². The van der Waals surface area contributed by atoms with E-state index in [9.17, 15) is 29.0 Å². The van der Waals surface area contributed by atoms with Crippen molar-refractivity contribution in [3.8, 4) is 5.75 Å². The number of carboxylic acid groups (broad SMARTS) is 1. The molecule has 0 bridgehead atoms. The lowest BCUT2D eigenvalue weighted by molar-refractivity contribution is -0.126. The van der Waals surface area contributed by atoms with Crippen molar-refractivity contribution in [1.82, 2.24) is 15.5 Å². The fraction of sp³-hybridized carbons (Fsp3) is 0.344. The van der Waals surface area contributed by atoms with Gasteiger partial charge in [0.05, 0.1) is 6.04 Å². The predicted molar refractivity (Wildman–Crippen MR) is 158 cm³/mol. The van der Waals surface area contributed by atoms with Crippen molar-refractivity contribution in [3.05, 3.63) is 100 Å². The Morgan fingerprint density at radius 3 is 2.02 bits per heavy atom. The normalized spacial score (nSPS) is 13.1. The summed E-state index contributed by atoms with van der Waals surface area (Å²) in [5, 5.41) is 25.4. The first-order valence-corrected chi connectivity index (χ1v) is 13.8. The summed E-state index contributed by atoms with van der Waals surface area (Å²) in [4.78, 5) is 39.4. The van der Waals surface area contributed by atoms with Gasteiger partial charge in [-0.15, -0.1) is 0 Å². The van der Waals surface area contributed by atoms with Crippen LogP contribution in [0.2, 0.25) is 0 Å². The molecule has 0 fully saturated rings.